The molecule has 2 unspecified atom stereocenters. The normalized spacial score (nSPS) is 18.9. The first-order chi connectivity index (χ1) is 14.1. The maximum atomic E-state index is 14.8. The van der Waals surface area contributed by atoms with Crippen molar-refractivity contribution in [3.8, 4) is 0 Å². The fourth-order valence-electron chi connectivity index (χ4n) is 3.92. The van der Waals surface area contributed by atoms with Gasteiger partial charge in [-0.1, -0.05) is 24.3 Å². The highest BCUT2D eigenvalue weighted by molar-refractivity contribution is 7.86. The van der Waals surface area contributed by atoms with Crippen LogP contribution in [-0.2, 0) is 14.3 Å². The lowest BCUT2D eigenvalue weighted by molar-refractivity contribution is 0.0770. The second-order valence-electron chi connectivity index (χ2n) is 7.13. The van der Waals surface area contributed by atoms with Crippen LogP contribution in [0, 0.1) is 17.5 Å². The number of likely N-dealkylation sites (tertiary alicyclic amines) is 1. The summed E-state index contributed by atoms with van der Waals surface area (Å²) in [5, 5.41) is 9.52. The third-order valence-corrected chi connectivity index (χ3v) is 5.63. The minimum Gasteiger partial charge on any atom is -0.465 e. The van der Waals surface area contributed by atoms with E-state index in [2.05, 4.69) is 0 Å². The molecule has 2 aromatic rings. The van der Waals surface area contributed by atoms with Gasteiger partial charge in [-0.15, -0.1) is 0 Å². The molecular formula is C20H20F3NO5S. The summed E-state index contributed by atoms with van der Waals surface area (Å²) >= 11 is 0. The fraction of sp³-hybridized carbons (Fsp3) is 0.350. The van der Waals surface area contributed by atoms with Crippen LogP contribution in [0.25, 0.3) is 0 Å². The zero-order chi connectivity index (χ0) is 22.1. The quantitative estimate of drug-likeness (QED) is 0.688. The molecule has 30 heavy (non-hydrogen) atoms. The van der Waals surface area contributed by atoms with E-state index in [1.54, 1.807) is 0 Å². The van der Waals surface area contributed by atoms with Crippen molar-refractivity contribution in [1.29, 1.82) is 0 Å². The molecular weight excluding hydrogens is 423 g/mol. The van der Waals surface area contributed by atoms with Crippen LogP contribution in [0.2, 0.25) is 0 Å². The van der Waals surface area contributed by atoms with Crippen LogP contribution >= 0.6 is 0 Å². The van der Waals surface area contributed by atoms with Crippen LogP contribution in [0.5, 0.6) is 0 Å². The molecule has 0 radical (unpaired) electrons. The van der Waals surface area contributed by atoms with Gasteiger partial charge in [0.1, 0.15) is 11.9 Å². The third-order valence-electron chi connectivity index (χ3n) is 5.06. The number of hydrogen-bond acceptors (Lipinski definition) is 4. The van der Waals surface area contributed by atoms with Crippen LogP contribution < -0.4 is 0 Å². The summed E-state index contributed by atoms with van der Waals surface area (Å²) in [5.41, 5.74) is -0.128. The molecule has 1 heterocycles. The van der Waals surface area contributed by atoms with Crippen molar-refractivity contribution in [2.75, 3.05) is 12.8 Å². The highest BCUT2D eigenvalue weighted by Crippen LogP contribution is 2.38. The Balaban J connectivity index is 2.23. The lowest BCUT2D eigenvalue weighted by Gasteiger charge is -2.35. The predicted molar refractivity (Wildman–Crippen MR) is 102 cm³/mol. The van der Waals surface area contributed by atoms with Crippen molar-refractivity contribution in [3.05, 3.63) is 71.0 Å². The zero-order valence-electron chi connectivity index (χ0n) is 16.0. The van der Waals surface area contributed by atoms with Gasteiger partial charge in [-0.05, 0) is 36.6 Å². The smallest absolute Gasteiger partial charge is 0.407 e. The number of carbonyl (C=O) groups is 1. The van der Waals surface area contributed by atoms with E-state index in [9.17, 15) is 31.5 Å². The van der Waals surface area contributed by atoms with E-state index in [0.717, 1.165) is 29.4 Å². The molecule has 0 spiro atoms. The van der Waals surface area contributed by atoms with Crippen molar-refractivity contribution in [2.45, 2.75) is 30.9 Å². The first-order valence-electron chi connectivity index (χ1n) is 9.15. The second-order valence-corrected chi connectivity index (χ2v) is 8.73. The highest BCUT2D eigenvalue weighted by atomic mass is 32.2. The number of benzene rings is 2. The van der Waals surface area contributed by atoms with Gasteiger partial charge in [0.05, 0.1) is 12.3 Å². The molecule has 0 saturated carbocycles. The molecule has 6 nitrogen and oxygen atoms in total. The Bertz CT molecular complexity index is 1050. The molecule has 0 aliphatic carbocycles. The van der Waals surface area contributed by atoms with Crippen molar-refractivity contribution in [2.24, 2.45) is 0 Å². The molecule has 3 rings (SSSR count). The molecule has 1 N–H and O–H groups in total. The number of halogens is 3. The van der Waals surface area contributed by atoms with E-state index in [0.29, 0.717) is 6.42 Å². The van der Waals surface area contributed by atoms with Gasteiger partial charge in [-0.25, -0.2) is 18.0 Å². The third kappa shape index (κ3) is 4.76. The van der Waals surface area contributed by atoms with Crippen LogP contribution in [0.4, 0.5) is 18.0 Å². The molecule has 1 amide bonds. The average molecular weight is 443 g/mol. The van der Waals surface area contributed by atoms with Crippen molar-refractivity contribution < 1.29 is 35.7 Å². The Kier molecular flexibility index (Phi) is 6.37. The van der Waals surface area contributed by atoms with E-state index in [1.165, 1.54) is 24.3 Å². The Morgan fingerprint density at radius 2 is 1.90 bits per heavy atom. The van der Waals surface area contributed by atoms with Gasteiger partial charge in [0, 0.05) is 18.0 Å². The van der Waals surface area contributed by atoms with Crippen LogP contribution in [0.3, 0.4) is 0 Å². The number of nitrogens with zero attached hydrogens (tertiary/aromatic N) is 1. The maximum absolute atomic E-state index is 14.8. The molecule has 1 fully saturated rings. The summed E-state index contributed by atoms with van der Waals surface area (Å²) < 4.78 is 72.1. The van der Waals surface area contributed by atoms with E-state index in [1.807, 2.05) is 0 Å². The maximum Gasteiger partial charge on any atom is 0.407 e. The molecule has 0 bridgehead atoms. The molecule has 10 heteroatoms. The van der Waals surface area contributed by atoms with E-state index >= 15 is 0 Å². The Hall–Kier alpha value is -2.59. The molecule has 1 aliphatic heterocycles. The number of amides is 1. The Labute approximate surface area is 172 Å². The largest absolute Gasteiger partial charge is 0.465 e. The minimum absolute atomic E-state index is 0.130. The van der Waals surface area contributed by atoms with Crippen LogP contribution in [-0.4, -0.2) is 49.5 Å². The predicted octanol–water partition coefficient (Wildman–Crippen LogP) is 3.72. The van der Waals surface area contributed by atoms with Gasteiger partial charge < -0.3 is 10.0 Å². The SMILES string of the molecule is CS(=O)(=O)OC(C(c1cccc(F)c1)c1cccc(F)c1F)[C@H]1CCCN1C(=O)O. The van der Waals surface area contributed by atoms with Gasteiger partial charge >= 0.3 is 6.09 Å². The van der Waals surface area contributed by atoms with E-state index < -0.39 is 51.7 Å². The second kappa shape index (κ2) is 8.65. The summed E-state index contributed by atoms with van der Waals surface area (Å²) in [4.78, 5) is 12.7. The van der Waals surface area contributed by atoms with Gasteiger partial charge in [0.15, 0.2) is 11.6 Å². The molecule has 3 atom stereocenters. The summed E-state index contributed by atoms with van der Waals surface area (Å²) in [6, 6.07) is 7.39. The zero-order valence-corrected chi connectivity index (χ0v) is 16.8. The number of hydrogen-bond donors (Lipinski definition) is 1. The molecule has 162 valence electrons. The fourth-order valence-corrected chi connectivity index (χ4v) is 4.57. The van der Waals surface area contributed by atoms with Gasteiger partial charge in [0.25, 0.3) is 10.1 Å². The Morgan fingerprint density at radius 1 is 1.20 bits per heavy atom. The highest BCUT2D eigenvalue weighted by Gasteiger charge is 2.43. The number of carboxylic acid groups (broad SMARTS) is 1. The molecule has 2 aromatic carbocycles. The van der Waals surface area contributed by atoms with Crippen molar-refractivity contribution >= 4 is 16.2 Å². The van der Waals surface area contributed by atoms with Gasteiger partial charge in [0.2, 0.25) is 0 Å². The number of rotatable bonds is 6. The van der Waals surface area contributed by atoms with E-state index in [-0.39, 0.29) is 24.1 Å². The summed E-state index contributed by atoms with van der Waals surface area (Å²) in [7, 11) is -4.13. The summed E-state index contributed by atoms with van der Waals surface area (Å²) in [5.74, 6) is -4.37. The van der Waals surface area contributed by atoms with Crippen molar-refractivity contribution in [3.63, 3.8) is 0 Å². The molecule has 0 aromatic heterocycles. The lowest BCUT2D eigenvalue weighted by atomic mass is 9.82. The lowest BCUT2D eigenvalue weighted by Crippen LogP contribution is -2.47. The monoisotopic (exact) mass is 443 g/mol. The average Bonchev–Trinajstić information content (AvgIpc) is 3.14. The minimum atomic E-state index is -4.13. The first kappa shape index (κ1) is 22.1. The van der Waals surface area contributed by atoms with Gasteiger partial charge in [-0.2, -0.15) is 8.42 Å². The first-order valence-corrected chi connectivity index (χ1v) is 11.0. The van der Waals surface area contributed by atoms with E-state index in [4.69, 9.17) is 4.18 Å². The van der Waals surface area contributed by atoms with Crippen LogP contribution in [0.15, 0.2) is 42.5 Å². The van der Waals surface area contributed by atoms with Crippen molar-refractivity contribution in [1.82, 2.24) is 4.90 Å². The standard InChI is InChI=1S/C20H20F3NO5S/c1-30(27,28)29-19(16-9-4-10-24(16)20(25)26)17(12-5-2-6-13(21)11-12)14-7-3-8-15(22)18(14)23/h2-3,5-8,11,16-17,19H,4,9-10H2,1H3,(H,25,26)/t16-,17?,19?/m1/s1. The topological polar surface area (TPSA) is 83.9 Å². The Morgan fingerprint density at radius 3 is 2.53 bits per heavy atom. The summed E-state index contributed by atoms with van der Waals surface area (Å²) in [6.45, 7) is 0.130. The molecule has 1 aliphatic rings. The summed E-state index contributed by atoms with van der Waals surface area (Å²) in [6.07, 6.45) is -1.27. The molecule has 1 saturated heterocycles. The van der Waals surface area contributed by atoms with Crippen LogP contribution in [0.1, 0.15) is 29.9 Å². The van der Waals surface area contributed by atoms with Gasteiger partial charge in [-0.3, -0.25) is 4.18 Å².